The van der Waals surface area contributed by atoms with Crippen molar-refractivity contribution in [3.63, 3.8) is 0 Å². The molecular formula is C63H68O11Si2. The van der Waals surface area contributed by atoms with Crippen molar-refractivity contribution in [1.29, 1.82) is 0 Å². The molecule has 2 aliphatic rings. The summed E-state index contributed by atoms with van der Waals surface area (Å²) in [5.74, 6) is -1.33. The largest absolute Gasteiger partial charge is 0.450 e. The maximum Gasteiger partial charge on any atom is 0.338 e. The Labute approximate surface area is 448 Å². The van der Waals surface area contributed by atoms with Gasteiger partial charge in [0.25, 0.3) is 16.6 Å². The monoisotopic (exact) mass is 1060 g/mol. The second kappa shape index (κ2) is 23.9. The van der Waals surface area contributed by atoms with E-state index < -0.39 is 87.9 Å². The van der Waals surface area contributed by atoms with Gasteiger partial charge in [0.1, 0.15) is 24.4 Å². The van der Waals surface area contributed by atoms with Crippen LogP contribution in [-0.2, 0) is 43.9 Å². The fourth-order valence-corrected chi connectivity index (χ4v) is 19.9. The number of esters is 2. The van der Waals surface area contributed by atoms with Crippen LogP contribution < -0.4 is 20.7 Å². The predicted molar refractivity (Wildman–Crippen MR) is 298 cm³/mol. The van der Waals surface area contributed by atoms with Gasteiger partial charge in [0.2, 0.25) is 0 Å². The fraction of sp³-hybridized carbons (Fsp3) is 0.302. The molecule has 9 rings (SSSR count). The van der Waals surface area contributed by atoms with Crippen LogP contribution in [-0.4, -0.2) is 96.1 Å². The molecule has 2 fully saturated rings. The molecular weight excluding hydrogens is 989 g/mol. The first-order valence-electron chi connectivity index (χ1n) is 26.0. The molecule has 0 radical (unpaired) electrons. The Morgan fingerprint density at radius 2 is 0.789 bits per heavy atom. The average molecular weight is 1060 g/mol. The molecule has 1 N–H and O–H groups in total. The van der Waals surface area contributed by atoms with Gasteiger partial charge in [-0.05, 0) is 60.7 Å². The fourth-order valence-electron chi connectivity index (χ4n) is 10.8. The average Bonchev–Trinajstić information content (AvgIpc) is 3.94. The Morgan fingerprint density at radius 1 is 0.447 bits per heavy atom. The molecule has 0 saturated carbocycles. The van der Waals surface area contributed by atoms with Gasteiger partial charge in [0.15, 0.2) is 24.8 Å². The number of aliphatic hydroxyl groups is 1. The molecule has 0 aromatic heterocycles. The number of carbonyl (C=O) groups is 2. The number of rotatable bonds is 19. The summed E-state index contributed by atoms with van der Waals surface area (Å²) in [4.78, 5) is 28.5. The molecule has 2 aliphatic heterocycles. The summed E-state index contributed by atoms with van der Waals surface area (Å²) in [6.45, 7) is 13.2. The summed E-state index contributed by atoms with van der Waals surface area (Å²) in [5, 5.41) is 15.4. The van der Waals surface area contributed by atoms with Crippen LogP contribution in [0.2, 0.25) is 10.1 Å². The molecule has 394 valence electrons. The van der Waals surface area contributed by atoms with Crippen molar-refractivity contribution in [2.75, 3.05) is 13.2 Å². The summed E-state index contributed by atoms with van der Waals surface area (Å²) in [7, 11) is -6.40. The number of carbonyl (C=O) groups excluding carboxylic acids is 2. The van der Waals surface area contributed by atoms with Gasteiger partial charge in [-0.3, -0.25) is 0 Å². The quantitative estimate of drug-likeness (QED) is 0.0616. The van der Waals surface area contributed by atoms with Gasteiger partial charge in [0, 0.05) is 0 Å². The minimum atomic E-state index is -3.22. The van der Waals surface area contributed by atoms with Gasteiger partial charge in [-0.15, -0.1) is 0 Å². The lowest BCUT2D eigenvalue weighted by atomic mass is 10.1. The summed E-state index contributed by atoms with van der Waals surface area (Å²) in [6.07, 6.45) is -9.82. The number of ether oxygens (including phenoxy) is 6. The Hall–Kier alpha value is -6.37. The van der Waals surface area contributed by atoms with E-state index in [0.717, 1.165) is 26.3 Å². The first-order chi connectivity index (χ1) is 36.7. The van der Waals surface area contributed by atoms with Crippen molar-refractivity contribution in [3.05, 3.63) is 229 Å². The van der Waals surface area contributed by atoms with Crippen molar-refractivity contribution in [2.45, 2.75) is 107 Å². The van der Waals surface area contributed by atoms with E-state index in [1.165, 1.54) is 0 Å². The number of hydrogen-bond donors (Lipinski definition) is 1. The van der Waals surface area contributed by atoms with Crippen molar-refractivity contribution < 1.29 is 52.0 Å². The van der Waals surface area contributed by atoms with Crippen molar-refractivity contribution in [1.82, 2.24) is 0 Å². The minimum absolute atomic E-state index is 0.00257. The molecule has 0 amide bonds. The van der Waals surface area contributed by atoms with Crippen molar-refractivity contribution in [3.8, 4) is 0 Å². The Morgan fingerprint density at radius 3 is 1.17 bits per heavy atom. The van der Waals surface area contributed by atoms with E-state index in [9.17, 15) is 14.7 Å². The maximum absolute atomic E-state index is 14.4. The molecule has 8 atom stereocenters. The highest BCUT2D eigenvalue weighted by atomic mass is 28.4. The lowest BCUT2D eigenvalue weighted by Gasteiger charge is -2.43. The highest BCUT2D eigenvalue weighted by molar-refractivity contribution is 7.00. The lowest BCUT2D eigenvalue weighted by molar-refractivity contribution is -0.214. The zero-order valence-electron chi connectivity index (χ0n) is 44.0. The first kappa shape index (κ1) is 54.4. The van der Waals surface area contributed by atoms with Crippen LogP contribution in [0.25, 0.3) is 0 Å². The van der Waals surface area contributed by atoms with Crippen LogP contribution >= 0.6 is 0 Å². The zero-order valence-corrected chi connectivity index (χ0v) is 46.0. The van der Waals surface area contributed by atoms with Crippen LogP contribution in [0.3, 0.4) is 0 Å². The van der Waals surface area contributed by atoms with Crippen molar-refractivity contribution in [2.24, 2.45) is 0 Å². The Balaban J connectivity index is 1.13. The highest BCUT2D eigenvalue weighted by Crippen LogP contribution is 2.41. The lowest BCUT2D eigenvalue weighted by Crippen LogP contribution is -2.67. The van der Waals surface area contributed by atoms with Crippen LogP contribution in [0.4, 0.5) is 0 Å². The van der Waals surface area contributed by atoms with Gasteiger partial charge in [-0.1, -0.05) is 230 Å². The molecule has 2 saturated heterocycles. The normalized spacial score (nSPS) is 22.0. The van der Waals surface area contributed by atoms with E-state index in [4.69, 9.17) is 37.3 Å². The summed E-state index contributed by atoms with van der Waals surface area (Å²) >= 11 is 0. The second-order valence-electron chi connectivity index (χ2n) is 21.4. The van der Waals surface area contributed by atoms with Gasteiger partial charge in [-0.25, -0.2) is 9.59 Å². The topological polar surface area (TPSA) is 128 Å². The molecule has 0 aliphatic carbocycles. The Kier molecular flexibility index (Phi) is 17.1. The van der Waals surface area contributed by atoms with Crippen LogP contribution in [0.5, 0.6) is 0 Å². The number of hydrogen-bond acceptors (Lipinski definition) is 11. The van der Waals surface area contributed by atoms with Gasteiger partial charge in [0.05, 0.1) is 30.9 Å². The minimum Gasteiger partial charge on any atom is -0.450 e. The van der Waals surface area contributed by atoms with Crippen molar-refractivity contribution >= 4 is 49.3 Å². The molecule has 0 unspecified atom stereocenters. The van der Waals surface area contributed by atoms with Crippen LogP contribution in [0.1, 0.15) is 67.8 Å². The van der Waals surface area contributed by atoms with Gasteiger partial charge in [-0.2, -0.15) is 0 Å². The smallest absolute Gasteiger partial charge is 0.338 e. The van der Waals surface area contributed by atoms with E-state index in [1.807, 2.05) is 109 Å². The predicted octanol–water partition coefficient (Wildman–Crippen LogP) is 9.00. The van der Waals surface area contributed by atoms with Gasteiger partial charge < -0.3 is 42.4 Å². The molecule has 2 heterocycles. The molecule has 13 heteroatoms. The van der Waals surface area contributed by atoms with Crippen LogP contribution in [0.15, 0.2) is 212 Å². The SMILES string of the molecule is CC(C)(C)[Si](OC[C@H]1O[C@H](O[C@H]2[C@H](OC(=O)c3ccccc3)[C@@H](O)O[C@@H]2CO[Si](c2ccccc2)(c2ccccc2)C(C)(C)C)[C@@H](OC(=O)c2ccccc2)[C@@H]1OCc1ccccc1)(c1ccccc1)c1ccccc1. The standard InChI is InChI=1S/C63H68O11Si2/c1-62(2,3)75(48-34-20-10-21-35-48,49-36-22-11-23-37-49)68-43-52-54(67-42-45-28-14-7-15-29-45)57(73-59(65)47-32-18-9-19-33-47)61(71-52)74-55-53(70-60(66)56(55)72-58(64)46-30-16-8-17-31-46)44-69-76(63(4,5)6,50-38-24-12-25-39-50)51-40-26-13-27-41-51/h7-41,52-57,60-61,66H,42-44H2,1-6H3/t52-,53-,54-,55-,56+,57+,60+,61-/m1/s1. The third-order valence-electron chi connectivity index (χ3n) is 14.4. The third-order valence-corrected chi connectivity index (χ3v) is 24.4. The van der Waals surface area contributed by atoms with E-state index >= 15 is 0 Å². The molecule has 0 spiro atoms. The van der Waals surface area contributed by atoms with Gasteiger partial charge >= 0.3 is 11.9 Å². The molecule has 7 aromatic carbocycles. The number of benzene rings is 7. The third kappa shape index (κ3) is 11.6. The molecule has 0 bridgehead atoms. The van der Waals surface area contributed by atoms with Crippen LogP contribution in [0, 0.1) is 0 Å². The van der Waals surface area contributed by atoms with E-state index in [2.05, 4.69) is 90.1 Å². The second-order valence-corrected chi connectivity index (χ2v) is 30.0. The first-order valence-corrected chi connectivity index (χ1v) is 29.8. The number of aliphatic hydroxyl groups excluding tert-OH is 1. The highest BCUT2D eigenvalue weighted by Gasteiger charge is 2.58. The van der Waals surface area contributed by atoms with E-state index in [0.29, 0.717) is 5.56 Å². The summed E-state index contributed by atoms with van der Waals surface area (Å²) in [5.41, 5.74) is 1.45. The zero-order chi connectivity index (χ0) is 53.3. The maximum atomic E-state index is 14.4. The van der Waals surface area contributed by atoms with E-state index in [-0.39, 0.29) is 25.4 Å². The molecule has 7 aromatic rings. The Bertz CT molecular complexity index is 2850. The summed E-state index contributed by atoms with van der Waals surface area (Å²) in [6, 6.07) is 67.9. The summed E-state index contributed by atoms with van der Waals surface area (Å²) < 4.78 is 55.3. The van der Waals surface area contributed by atoms with E-state index in [1.54, 1.807) is 54.6 Å². The molecule has 11 nitrogen and oxygen atoms in total. The molecule has 76 heavy (non-hydrogen) atoms.